The van der Waals surface area contributed by atoms with Crippen LogP contribution in [0.4, 0.5) is 5.69 Å². The number of hydrogen-bond acceptors (Lipinski definition) is 4. The molecule has 2 atom stereocenters. The number of anilines is 1. The van der Waals surface area contributed by atoms with Crippen LogP contribution in [0.2, 0.25) is 0 Å². The molecule has 0 saturated heterocycles. The van der Waals surface area contributed by atoms with Gasteiger partial charge >= 0.3 is 0 Å². The third-order valence-electron chi connectivity index (χ3n) is 4.22. The van der Waals surface area contributed by atoms with Gasteiger partial charge in [0.1, 0.15) is 6.61 Å². The molecular weight excluding hydrogens is 332 g/mol. The Balaban J connectivity index is 1.71. The van der Waals surface area contributed by atoms with E-state index in [1.165, 1.54) is 0 Å². The standard InChI is InChI=1S/C20H22N2O4/c1-3-13(2)21-19(23)14-8-4-5-9-15(14)22-20(24)18-12-25-16-10-6-7-11-17(16)26-18/h4-11,13,18H,3,12H2,1-2H3,(H,21,23)(H,22,24)/t13-,18+/m0/s1. The molecule has 2 aromatic carbocycles. The lowest BCUT2D eigenvalue weighted by Crippen LogP contribution is -2.40. The minimum Gasteiger partial charge on any atom is -0.485 e. The van der Waals surface area contributed by atoms with E-state index in [9.17, 15) is 9.59 Å². The second kappa shape index (κ2) is 7.91. The van der Waals surface area contributed by atoms with Gasteiger partial charge in [-0.25, -0.2) is 0 Å². The topological polar surface area (TPSA) is 76.7 Å². The first-order valence-corrected chi connectivity index (χ1v) is 8.67. The fourth-order valence-electron chi connectivity index (χ4n) is 2.56. The molecule has 0 spiro atoms. The predicted molar refractivity (Wildman–Crippen MR) is 98.6 cm³/mol. The van der Waals surface area contributed by atoms with E-state index in [1.54, 1.807) is 36.4 Å². The SMILES string of the molecule is CC[C@H](C)NC(=O)c1ccccc1NC(=O)[C@H]1COc2ccccc2O1. The van der Waals surface area contributed by atoms with Crippen molar-refractivity contribution in [2.45, 2.75) is 32.4 Å². The van der Waals surface area contributed by atoms with Crippen molar-refractivity contribution in [3.63, 3.8) is 0 Å². The van der Waals surface area contributed by atoms with Crippen molar-refractivity contribution in [2.75, 3.05) is 11.9 Å². The first-order chi connectivity index (χ1) is 12.6. The van der Waals surface area contributed by atoms with E-state index in [2.05, 4.69) is 10.6 Å². The van der Waals surface area contributed by atoms with Crippen LogP contribution in [0.1, 0.15) is 30.6 Å². The van der Waals surface area contributed by atoms with Crippen LogP contribution in [-0.4, -0.2) is 30.6 Å². The molecular formula is C20H22N2O4. The summed E-state index contributed by atoms with van der Waals surface area (Å²) in [7, 11) is 0. The zero-order valence-corrected chi connectivity index (χ0v) is 14.8. The van der Waals surface area contributed by atoms with Gasteiger partial charge < -0.3 is 20.1 Å². The molecule has 1 aliphatic rings. The molecule has 0 aliphatic carbocycles. The molecule has 6 nitrogen and oxygen atoms in total. The van der Waals surface area contributed by atoms with E-state index in [0.717, 1.165) is 6.42 Å². The molecule has 0 unspecified atom stereocenters. The third kappa shape index (κ3) is 3.96. The summed E-state index contributed by atoms with van der Waals surface area (Å²) in [5, 5.41) is 5.68. The van der Waals surface area contributed by atoms with Gasteiger partial charge in [0.2, 0.25) is 6.10 Å². The van der Waals surface area contributed by atoms with Crippen LogP contribution in [-0.2, 0) is 4.79 Å². The van der Waals surface area contributed by atoms with Crippen LogP contribution < -0.4 is 20.1 Å². The number of hydrogen-bond donors (Lipinski definition) is 2. The molecule has 2 N–H and O–H groups in total. The third-order valence-corrected chi connectivity index (χ3v) is 4.22. The van der Waals surface area contributed by atoms with Gasteiger partial charge in [-0.05, 0) is 37.6 Å². The lowest BCUT2D eigenvalue weighted by molar-refractivity contribution is -0.125. The van der Waals surface area contributed by atoms with Crippen molar-refractivity contribution in [3.8, 4) is 11.5 Å². The Morgan fingerprint density at radius 3 is 2.58 bits per heavy atom. The molecule has 136 valence electrons. The highest BCUT2D eigenvalue weighted by atomic mass is 16.6. The van der Waals surface area contributed by atoms with Gasteiger partial charge in [0, 0.05) is 6.04 Å². The van der Waals surface area contributed by atoms with Crippen molar-refractivity contribution in [1.29, 1.82) is 0 Å². The van der Waals surface area contributed by atoms with Crippen LogP contribution in [0.5, 0.6) is 11.5 Å². The van der Waals surface area contributed by atoms with E-state index in [0.29, 0.717) is 22.7 Å². The average Bonchev–Trinajstić information content (AvgIpc) is 2.67. The largest absolute Gasteiger partial charge is 0.485 e. The summed E-state index contributed by atoms with van der Waals surface area (Å²) >= 11 is 0. The minimum absolute atomic E-state index is 0.0536. The highest BCUT2D eigenvalue weighted by molar-refractivity contribution is 6.04. The number of carbonyl (C=O) groups is 2. The maximum Gasteiger partial charge on any atom is 0.269 e. The van der Waals surface area contributed by atoms with E-state index in [-0.39, 0.29) is 24.5 Å². The molecule has 1 aliphatic heterocycles. The second-order valence-electron chi connectivity index (χ2n) is 6.18. The summed E-state index contributed by atoms with van der Waals surface area (Å²) in [4.78, 5) is 25.0. The number of amides is 2. The van der Waals surface area contributed by atoms with Crippen molar-refractivity contribution in [3.05, 3.63) is 54.1 Å². The van der Waals surface area contributed by atoms with Crippen LogP contribution in [0.3, 0.4) is 0 Å². The van der Waals surface area contributed by atoms with E-state index in [4.69, 9.17) is 9.47 Å². The fraction of sp³-hybridized carbons (Fsp3) is 0.300. The van der Waals surface area contributed by atoms with Gasteiger partial charge in [0.05, 0.1) is 11.3 Å². The van der Waals surface area contributed by atoms with Crippen LogP contribution >= 0.6 is 0 Å². The summed E-state index contributed by atoms with van der Waals surface area (Å²) in [6, 6.07) is 14.2. The minimum atomic E-state index is -0.782. The van der Waals surface area contributed by atoms with Gasteiger partial charge in [-0.1, -0.05) is 31.2 Å². The molecule has 0 radical (unpaired) electrons. The van der Waals surface area contributed by atoms with E-state index in [1.807, 2.05) is 26.0 Å². The smallest absolute Gasteiger partial charge is 0.269 e. The van der Waals surface area contributed by atoms with Crippen molar-refractivity contribution < 1.29 is 19.1 Å². The average molecular weight is 354 g/mol. The molecule has 26 heavy (non-hydrogen) atoms. The highest BCUT2D eigenvalue weighted by Gasteiger charge is 2.28. The molecule has 0 bridgehead atoms. The summed E-state index contributed by atoms with van der Waals surface area (Å²) in [5.41, 5.74) is 0.860. The Labute approximate surface area is 152 Å². The molecule has 2 aromatic rings. The Hall–Kier alpha value is -3.02. The number of nitrogens with one attached hydrogen (secondary N) is 2. The molecule has 1 heterocycles. The van der Waals surface area contributed by atoms with Crippen LogP contribution in [0.25, 0.3) is 0 Å². The maximum absolute atomic E-state index is 12.6. The van der Waals surface area contributed by atoms with Gasteiger partial charge in [-0.3, -0.25) is 9.59 Å². The fourth-order valence-corrected chi connectivity index (χ4v) is 2.56. The van der Waals surface area contributed by atoms with Gasteiger partial charge in [0.25, 0.3) is 11.8 Å². The lowest BCUT2D eigenvalue weighted by atomic mass is 10.1. The zero-order chi connectivity index (χ0) is 18.5. The summed E-state index contributed by atoms with van der Waals surface area (Å²) in [6.45, 7) is 4.05. The number of benzene rings is 2. The molecule has 0 aromatic heterocycles. The quantitative estimate of drug-likeness (QED) is 0.865. The number of carbonyl (C=O) groups excluding carboxylic acids is 2. The highest BCUT2D eigenvalue weighted by Crippen LogP contribution is 2.31. The monoisotopic (exact) mass is 354 g/mol. The van der Waals surface area contributed by atoms with Crippen molar-refractivity contribution >= 4 is 17.5 Å². The normalized spacial score (nSPS) is 16.5. The lowest BCUT2D eigenvalue weighted by Gasteiger charge is -2.25. The molecule has 3 rings (SSSR count). The molecule has 2 amide bonds. The van der Waals surface area contributed by atoms with Crippen LogP contribution in [0, 0.1) is 0 Å². The summed E-state index contributed by atoms with van der Waals surface area (Å²) in [6.07, 6.45) is 0.0444. The number of rotatable bonds is 5. The van der Waals surface area contributed by atoms with Gasteiger partial charge in [-0.15, -0.1) is 0 Å². The summed E-state index contributed by atoms with van der Waals surface area (Å²) < 4.78 is 11.3. The number of para-hydroxylation sites is 3. The molecule has 0 saturated carbocycles. The predicted octanol–water partition coefficient (Wildman–Crippen LogP) is 2.99. The Morgan fingerprint density at radius 1 is 1.12 bits per heavy atom. The van der Waals surface area contributed by atoms with Crippen molar-refractivity contribution in [1.82, 2.24) is 5.32 Å². The number of fused-ring (bicyclic) bond motifs is 1. The maximum atomic E-state index is 12.6. The van der Waals surface area contributed by atoms with Crippen molar-refractivity contribution in [2.24, 2.45) is 0 Å². The van der Waals surface area contributed by atoms with Gasteiger partial charge in [0.15, 0.2) is 11.5 Å². The Morgan fingerprint density at radius 2 is 1.81 bits per heavy atom. The van der Waals surface area contributed by atoms with E-state index >= 15 is 0 Å². The van der Waals surface area contributed by atoms with Crippen LogP contribution in [0.15, 0.2) is 48.5 Å². The second-order valence-corrected chi connectivity index (χ2v) is 6.18. The first kappa shape index (κ1) is 17.8. The first-order valence-electron chi connectivity index (χ1n) is 8.67. The summed E-state index contributed by atoms with van der Waals surface area (Å²) in [5.74, 6) is 0.566. The number of ether oxygens (including phenoxy) is 2. The Kier molecular flexibility index (Phi) is 5.41. The Bertz CT molecular complexity index is 806. The zero-order valence-electron chi connectivity index (χ0n) is 14.8. The van der Waals surface area contributed by atoms with E-state index < -0.39 is 6.10 Å². The molecule has 0 fully saturated rings. The van der Waals surface area contributed by atoms with Gasteiger partial charge in [-0.2, -0.15) is 0 Å². The molecule has 6 heteroatoms.